The molecular weight excluding hydrogens is 240 g/mol. The summed E-state index contributed by atoms with van der Waals surface area (Å²) in [6.45, 7) is 1.30. The van der Waals surface area contributed by atoms with E-state index in [0.717, 1.165) is 31.5 Å². The molecule has 0 radical (unpaired) electrons. The van der Waals surface area contributed by atoms with E-state index in [1.54, 1.807) is 0 Å². The average Bonchev–Trinajstić information content (AvgIpc) is 2.47. The van der Waals surface area contributed by atoms with Crippen molar-refractivity contribution in [3.05, 3.63) is 30.3 Å². The number of likely N-dealkylation sites (tertiary alicyclic amines) is 1. The van der Waals surface area contributed by atoms with Crippen molar-refractivity contribution >= 4 is 11.6 Å². The number of aliphatic hydroxyl groups excluding tert-OH is 1. The van der Waals surface area contributed by atoms with Gasteiger partial charge in [-0.1, -0.05) is 18.2 Å². The smallest absolute Gasteiger partial charge is 0.242 e. The largest absolute Gasteiger partial charge is 0.396 e. The van der Waals surface area contributed by atoms with Gasteiger partial charge in [-0.05, 0) is 37.8 Å². The molecule has 2 N–H and O–H groups in total. The summed E-state index contributed by atoms with van der Waals surface area (Å²) in [5.74, 6) is 0.127. The Labute approximate surface area is 114 Å². The van der Waals surface area contributed by atoms with Crippen LogP contribution in [0.2, 0.25) is 0 Å². The van der Waals surface area contributed by atoms with Gasteiger partial charge in [0.1, 0.15) is 0 Å². The van der Waals surface area contributed by atoms with Crippen LogP contribution in [-0.4, -0.2) is 41.7 Å². The van der Waals surface area contributed by atoms with Gasteiger partial charge in [-0.3, -0.25) is 4.79 Å². The lowest BCUT2D eigenvalue weighted by atomic mass is 9.99. The first-order valence-electron chi connectivity index (χ1n) is 7.00. The first-order valence-corrected chi connectivity index (χ1v) is 7.00. The molecule has 1 unspecified atom stereocenters. The normalized spacial score (nSPS) is 19.2. The maximum absolute atomic E-state index is 12.2. The third-order valence-electron chi connectivity index (χ3n) is 3.63. The Morgan fingerprint density at radius 2 is 2.11 bits per heavy atom. The van der Waals surface area contributed by atoms with Crippen LogP contribution < -0.4 is 5.32 Å². The molecule has 0 spiro atoms. The van der Waals surface area contributed by atoms with E-state index in [9.17, 15) is 4.79 Å². The maximum Gasteiger partial charge on any atom is 0.242 e. The van der Waals surface area contributed by atoms with Crippen molar-refractivity contribution in [2.75, 3.05) is 25.0 Å². The molecule has 1 amide bonds. The number of piperidine rings is 1. The molecular formula is C15H22N2O2. The van der Waals surface area contributed by atoms with Crippen molar-refractivity contribution in [3.63, 3.8) is 0 Å². The number of benzene rings is 1. The highest BCUT2D eigenvalue weighted by atomic mass is 16.3. The van der Waals surface area contributed by atoms with Crippen molar-refractivity contribution in [3.8, 4) is 0 Å². The van der Waals surface area contributed by atoms with E-state index in [-0.39, 0.29) is 18.6 Å². The summed E-state index contributed by atoms with van der Waals surface area (Å²) in [6, 6.07) is 9.96. The predicted octanol–water partition coefficient (Wildman–Crippen LogP) is 1.86. The van der Waals surface area contributed by atoms with E-state index in [1.807, 2.05) is 35.2 Å². The lowest BCUT2D eigenvalue weighted by Crippen LogP contribution is -2.46. The van der Waals surface area contributed by atoms with Gasteiger partial charge >= 0.3 is 0 Å². The summed E-state index contributed by atoms with van der Waals surface area (Å²) < 4.78 is 0. The molecule has 4 heteroatoms. The second-order valence-electron chi connectivity index (χ2n) is 4.97. The van der Waals surface area contributed by atoms with Gasteiger partial charge in [0.2, 0.25) is 5.91 Å². The predicted molar refractivity (Wildman–Crippen MR) is 76.0 cm³/mol. The molecule has 0 aliphatic carbocycles. The molecule has 104 valence electrons. The molecule has 1 saturated heterocycles. The molecule has 0 saturated carbocycles. The minimum absolute atomic E-state index is 0.127. The van der Waals surface area contributed by atoms with Gasteiger partial charge in [0.25, 0.3) is 0 Å². The van der Waals surface area contributed by atoms with Crippen LogP contribution in [0.25, 0.3) is 0 Å². The van der Waals surface area contributed by atoms with Crippen LogP contribution >= 0.6 is 0 Å². The summed E-state index contributed by atoms with van der Waals surface area (Å²) in [7, 11) is 0. The zero-order valence-corrected chi connectivity index (χ0v) is 11.2. The number of para-hydroxylation sites is 1. The second kappa shape index (κ2) is 7.14. The van der Waals surface area contributed by atoms with Crippen LogP contribution in [0.5, 0.6) is 0 Å². The Kier molecular flexibility index (Phi) is 5.21. The fourth-order valence-corrected chi connectivity index (χ4v) is 2.61. The molecule has 0 bridgehead atoms. The van der Waals surface area contributed by atoms with Crippen LogP contribution in [0.1, 0.15) is 25.7 Å². The van der Waals surface area contributed by atoms with Crippen molar-refractivity contribution in [1.29, 1.82) is 0 Å². The molecule has 1 aliphatic rings. The minimum atomic E-state index is 0.127. The van der Waals surface area contributed by atoms with E-state index >= 15 is 0 Å². The van der Waals surface area contributed by atoms with Gasteiger partial charge < -0.3 is 15.3 Å². The van der Waals surface area contributed by atoms with Crippen molar-refractivity contribution in [1.82, 2.24) is 4.90 Å². The Hall–Kier alpha value is -1.55. The van der Waals surface area contributed by atoms with E-state index in [0.29, 0.717) is 13.0 Å². The van der Waals surface area contributed by atoms with Gasteiger partial charge in [0.15, 0.2) is 0 Å². The molecule has 1 aromatic rings. The second-order valence-corrected chi connectivity index (χ2v) is 4.97. The van der Waals surface area contributed by atoms with Gasteiger partial charge in [0, 0.05) is 24.9 Å². The Morgan fingerprint density at radius 1 is 1.32 bits per heavy atom. The summed E-state index contributed by atoms with van der Waals surface area (Å²) in [5.41, 5.74) is 0.964. The standard InChI is InChI=1S/C15H22N2O2/c18-11-9-14-8-4-5-10-17(14)15(19)12-16-13-6-2-1-3-7-13/h1-3,6-7,14,16,18H,4-5,8-12H2. The number of carbonyl (C=O) groups is 1. The molecule has 19 heavy (non-hydrogen) atoms. The fraction of sp³-hybridized carbons (Fsp3) is 0.533. The monoisotopic (exact) mass is 262 g/mol. The number of nitrogens with one attached hydrogen (secondary N) is 1. The quantitative estimate of drug-likeness (QED) is 0.851. The Bertz CT molecular complexity index is 392. The van der Waals surface area contributed by atoms with Crippen LogP contribution in [-0.2, 0) is 4.79 Å². The average molecular weight is 262 g/mol. The van der Waals surface area contributed by atoms with Gasteiger partial charge in [0.05, 0.1) is 6.54 Å². The summed E-state index contributed by atoms with van der Waals surface area (Å²) >= 11 is 0. The number of rotatable bonds is 5. The van der Waals surface area contributed by atoms with Crippen LogP contribution in [0.15, 0.2) is 30.3 Å². The van der Waals surface area contributed by atoms with Crippen molar-refractivity contribution in [2.24, 2.45) is 0 Å². The minimum Gasteiger partial charge on any atom is -0.396 e. The van der Waals surface area contributed by atoms with E-state index < -0.39 is 0 Å². The summed E-state index contributed by atoms with van der Waals surface area (Å²) in [6.07, 6.45) is 3.92. The highest BCUT2D eigenvalue weighted by molar-refractivity contribution is 5.81. The van der Waals surface area contributed by atoms with E-state index in [2.05, 4.69) is 5.32 Å². The zero-order valence-electron chi connectivity index (χ0n) is 11.2. The number of amides is 1. The number of anilines is 1. The van der Waals surface area contributed by atoms with E-state index in [4.69, 9.17) is 5.11 Å². The highest BCUT2D eigenvalue weighted by Gasteiger charge is 2.25. The molecule has 1 aliphatic heterocycles. The van der Waals surface area contributed by atoms with Gasteiger partial charge in [-0.25, -0.2) is 0 Å². The first-order chi connectivity index (χ1) is 9.31. The summed E-state index contributed by atoms with van der Waals surface area (Å²) in [5, 5.41) is 12.2. The molecule has 1 heterocycles. The van der Waals surface area contributed by atoms with Gasteiger partial charge in [-0.15, -0.1) is 0 Å². The third-order valence-corrected chi connectivity index (χ3v) is 3.63. The number of hydrogen-bond acceptors (Lipinski definition) is 3. The maximum atomic E-state index is 12.2. The third kappa shape index (κ3) is 3.96. The molecule has 1 fully saturated rings. The Balaban J connectivity index is 1.87. The molecule has 1 aromatic carbocycles. The number of carbonyl (C=O) groups excluding carboxylic acids is 1. The molecule has 1 atom stereocenters. The summed E-state index contributed by atoms with van der Waals surface area (Å²) in [4.78, 5) is 14.2. The molecule has 2 rings (SSSR count). The fourth-order valence-electron chi connectivity index (χ4n) is 2.61. The first kappa shape index (κ1) is 13.9. The van der Waals surface area contributed by atoms with E-state index in [1.165, 1.54) is 0 Å². The molecule has 4 nitrogen and oxygen atoms in total. The highest BCUT2D eigenvalue weighted by Crippen LogP contribution is 2.19. The number of hydrogen-bond donors (Lipinski definition) is 2. The number of aliphatic hydroxyl groups is 1. The zero-order chi connectivity index (χ0) is 13.5. The van der Waals surface area contributed by atoms with Crippen LogP contribution in [0.3, 0.4) is 0 Å². The van der Waals surface area contributed by atoms with Crippen molar-refractivity contribution in [2.45, 2.75) is 31.7 Å². The van der Waals surface area contributed by atoms with Crippen LogP contribution in [0.4, 0.5) is 5.69 Å². The SMILES string of the molecule is O=C(CNc1ccccc1)N1CCCCC1CCO. The van der Waals surface area contributed by atoms with Crippen molar-refractivity contribution < 1.29 is 9.90 Å². The van der Waals surface area contributed by atoms with Crippen LogP contribution in [0, 0.1) is 0 Å². The molecule has 0 aromatic heterocycles. The lowest BCUT2D eigenvalue weighted by molar-refractivity contribution is -0.133. The van der Waals surface area contributed by atoms with Gasteiger partial charge in [-0.2, -0.15) is 0 Å². The Morgan fingerprint density at radius 3 is 2.84 bits per heavy atom. The lowest BCUT2D eigenvalue weighted by Gasteiger charge is -2.35. The topological polar surface area (TPSA) is 52.6 Å². The number of nitrogens with zero attached hydrogens (tertiary/aromatic N) is 1.